The number of hydrogen-bond acceptors (Lipinski definition) is 5. The summed E-state index contributed by atoms with van der Waals surface area (Å²) in [6.07, 6.45) is 0. The molecular weight excluding hydrogens is 450 g/mol. The first kappa shape index (κ1) is 16.3. The summed E-state index contributed by atoms with van der Waals surface area (Å²) in [5, 5.41) is 20.0. The minimum atomic E-state index is -3.84. The second kappa shape index (κ2) is 5.95. The van der Waals surface area contributed by atoms with Gasteiger partial charge in [-0.25, -0.2) is 13.2 Å². The number of benzene rings is 1. The SMILES string of the molecule is O=C(O)c1ccc(NS(=O)(=O)c2scc(Br)c2Br)cc1O. The summed E-state index contributed by atoms with van der Waals surface area (Å²) in [5.74, 6) is -1.82. The van der Waals surface area contributed by atoms with Crippen molar-refractivity contribution in [3.05, 3.63) is 38.1 Å². The van der Waals surface area contributed by atoms with Crippen LogP contribution in [0.4, 0.5) is 5.69 Å². The van der Waals surface area contributed by atoms with Gasteiger partial charge < -0.3 is 10.2 Å². The zero-order chi connectivity index (χ0) is 15.8. The lowest BCUT2D eigenvalue weighted by molar-refractivity contribution is 0.0694. The largest absolute Gasteiger partial charge is 0.507 e. The van der Waals surface area contributed by atoms with Crippen molar-refractivity contribution < 1.29 is 23.4 Å². The van der Waals surface area contributed by atoms with Crippen LogP contribution in [0, 0.1) is 0 Å². The van der Waals surface area contributed by atoms with Gasteiger partial charge in [-0.1, -0.05) is 0 Å². The van der Waals surface area contributed by atoms with Crippen molar-refractivity contribution in [3.8, 4) is 5.75 Å². The monoisotopic (exact) mass is 455 g/mol. The fourth-order valence-electron chi connectivity index (χ4n) is 1.47. The molecule has 6 nitrogen and oxygen atoms in total. The highest BCUT2D eigenvalue weighted by Crippen LogP contribution is 2.36. The minimum absolute atomic E-state index is 0.0638. The molecule has 0 atom stereocenters. The summed E-state index contributed by atoms with van der Waals surface area (Å²) in [6, 6.07) is 3.42. The predicted octanol–water partition coefficient (Wildman–Crippen LogP) is 3.48. The molecule has 0 saturated heterocycles. The summed E-state index contributed by atoms with van der Waals surface area (Å²) in [4.78, 5) is 10.8. The van der Waals surface area contributed by atoms with Crippen LogP contribution in [0.3, 0.4) is 0 Å². The first-order valence-electron chi connectivity index (χ1n) is 5.24. The van der Waals surface area contributed by atoms with E-state index in [2.05, 4.69) is 36.6 Å². The van der Waals surface area contributed by atoms with Gasteiger partial charge in [-0.05, 0) is 44.0 Å². The number of sulfonamides is 1. The van der Waals surface area contributed by atoms with Crippen molar-refractivity contribution >= 4 is 64.9 Å². The van der Waals surface area contributed by atoms with E-state index >= 15 is 0 Å². The molecule has 10 heteroatoms. The summed E-state index contributed by atoms with van der Waals surface area (Å²) < 4.78 is 27.8. The molecule has 112 valence electrons. The minimum Gasteiger partial charge on any atom is -0.507 e. The number of aromatic hydroxyl groups is 1. The van der Waals surface area contributed by atoms with Gasteiger partial charge in [0, 0.05) is 15.9 Å². The molecule has 0 aliphatic heterocycles. The van der Waals surface area contributed by atoms with Crippen molar-refractivity contribution in [3.63, 3.8) is 0 Å². The number of rotatable bonds is 4. The van der Waals surface area contributed by atoms with Gasteiger partial charge in [0.2, 0.25) is 0 Å². The molecule has 2 rings (SSSR count). The topological polar surface area (TPSA) is 104 Å². The molecule has 2 aromatic rings. The number of phenols is 1. The first-order valence-corrected chi connectivity index (χ1v) is 9.19. The van der Waals surface area contributed by atoms with Crippen LogP contribution in [0.25, 0.3) is 0 Å². The number of carboxylic acid groups (broad SMARTS) is 1. The number of carboxylic acids is 1. The maximum absolute atomic E-state index is 12.2. The number of thiophene rings is 1. The van der Waals surface area contributed by atoms with Crippen LogP contribution in [-0.4, -0.2) is 24.6 Å². The maximum atomic E-state index is 12.2. The number of anilines is 1. The Morgan fingerprint density at radius 3 is 2.43 bits per heavy atom. The Kier molecular flexibility index (Phi) is 4.61. The van der Waals surface area contributed by atoms with Gasteiger partial charge in [0.05, 0.1) is 10.2 Å². The molecule has 0 aliphatic rings. The molecule has 0 saturated carbocycles. The van der Waals surface area contributed by atoms with Gasteiger partial charge in [0.25, 0.3) is 10.0 Å². The Balaban J connectivity index is 2.35. The number of halogens is 2. The van der Waals surface area contributed by atoms with E-state index in [0.29, 0.717) is 8.95 Å². The summed E-state index contributed by atoms with van der Waals surface area (Å²) >= 11 is 7.37. The lowest BCUT2D eigenvalue weighted by Crippen LogP contribution is -2.12. The zero-order valence-corrected chi connectivity index (χ0v) is 14.8. The third-order valence-corrected chi connectivity index (χ3v) is 8.11. The van der Waals surface area contributed by atoms with E-state index < -0.39 is 21.7 Å². The Bertz CT molecular complexity index is 816. The van der Waals surface area contributed by atoms with Crippen LogP contribution in [0.5, 0.6) is 5.75 Å². The molecule has 0 aliphatic carbocycles. The molecule has 21 heavy (non-hydrogen) atoms. The Hall–Kier alpha value is -1.10. The van der Waals surface area contributed by atoms with E-state index in [4.69, 9.17) is 5.11 Å². The Morgan fingerprint density at radius 2 is 1.95 bits per heavy atom. The molecule has 1 aromatic heterocycles. The summed E-state index contributed by atoms with van der Waals surface area (Å²) in [5.41, 5.74) is -0.244. The molecule has 1 heterocycles. The van der Waals surface area contributed by atoms with Crippen molar-refractivity contribution in [2.75, 3.05) is 4.72 Å². The highest BCUT2D eigenvalue weighted by atomic mass is 79.9. The van der Waals surface area contributed by atoms with Crippen LogP contribution in [0.15, 0.2) is 36.7 Å². The molecular formula is C11H7Br2NO5S2. The third-order valence-electron chi connectivity index (χ3n) is 2.38. The predicted molar refractivity (Wildman–Crippen MR) is 85.6 cm³/mol. The lowest BCUT2D eigenvalue weighted by Gasteiger charge is -2.08. The number of carbonyl (C=O) groups is 1. The molecule has 0 fully saturated rings. The quantitative estimate of drug-likeness (QED) is 0.653. The lowest BCUT2D eigenvalue weighted by atomic mass is 10.2. The van der Waals surface area contributed by atoms with E-state index in [1.165, 1.54) is 6.07 Å². The number of nitrogens with one attached hydrogen (secondary N) is 1. The second-order valence-electron chi connectivity index (χ2n) is 3.83. The van der Waals surface area contributed by atoms with E-state index in [1.54, 1.807) is 5.38 Å². The standard InChI is InChI=1S/C11H7Br2NO5S2/c12-7-4-20-11(9(7)13)21(18,19)14-5-1-2-6(10(16)17)8(15)3-5/h1-4,14-15H,(H,16,17). The number of aromatic carboxylic acids is 1. The van der Waals surface area contributed by atoms with Crippen molar-refractivity contribution in [2.24, 2.45) is 0 Å². The van der Waals surface area contributed by atoms with Crippen molar-refractivity contribution in [2.45, 2.75) is 4.21 Å². The second-order valence-corrected chi connectivity index (χ2v) is 8.23. The summed E-state index contributed by atoms with van der Waals surface area (Å²) in [6.45, 7) is 0. The fraction of sp³-hybridized carbons (Fsp3) is 0. The fourth-order valence-corrected chi connectivity index (χ4v) is 5.59. The van der Waals surface area contributed by atoms with Gasteiger partial charge >= 0.3 is 5.97 Å². The average Bonchev–Trinajstić information content (AvgIpc) is 2.69. The molecule has 3 N–H and O–H groups in total. The molecule has 0 bridgehead atoms. The molecule has 0 amide bonds. The van der Waals surface area contributed by atoms with Gasteiger partial charge in [0.1, 0.15) is 11.3 Å². The van der Waals surface area contributed by atoms with Crippen molar-refractivity contribution in [1.29, 1.82) is 0 Å². The highest BCUT2D eigenvalue weighted by molar-refractivity contribution is 9.13. The average molecular weight is 457 g/mol. The smallest absolute Gasteiger partial charge is 0.339 e. The third kappa shape index (κ3) is 3.39. The van der Waals surface area contributed by atoms with E-state index in [-0.39, 0.29) is 15.5 Å². The van der Waals surface area contributed by atoms with E-state index in [0.717, 1.165) is 23.5 Å². The van der Waals surface area contributed by atoms with Gasteiger partial charge in [-0.2, -0.15) is 0 Å². The van der Waals surface area contributed by atoms with E-state index in [1.807, 2.05) is 0 Å². The van der Waals surface area contributed by atoms with Crippen LogP contribution in [-0.2, 0) is 10.0 Å². The molecule has 1 aromatic carbocycles. The highest BCUT2D eigenvalue weighted by Gasteiger charge is 2.22. The van der Waals surface area contributed by atoms with Crippen LogP contribution in [0.2, 0.25) is 0 Å². The maximum Gasteiger partial charge on any atom is 0.339 e. The van der Waals surface area contributed by atoms with Crippen LogP contribution < -0.4 is 4.72 Å². The van der Waals surface area contributed by atoms with Gasteiger partial charge in [-0.15, -0.1) is 11.3 Å². The Labute approximate surface area is 140 Å². The van der Waals surface area contributed by atoms with Gasteiger partial charge in [-0.3, -0.25) is 4.72 Å². The molecule has 0 unspecified atom stereocenters. The zero-order valence-electron chi connectivity index (χ0n) is 10.0. The van der Waals surface area contributed by atoms with E-state index in [9.17, 15) is 18.3 Å². The Morgan fingerprint density at radius 1 is 1.29 bits per heavy atom. The molecule has 0 radical (unpaired) electrons. The van der Waals surface area contributed by atoms with Crippen LogP contribution in [0.1, 0.15) is 10.4 Å². The number of hydrogen-bond donors (Lipinski definition) is 3. The van der Waals surface area contributed by atoms with Gasteiger partial charge in [0.15, 0.2) is 4.21 Å². The van der Waals surface area contributed by atoms with Crippen LogP contribution >= 0.6 is 43.2 Å². The normalized spacial score (nSPS) is 11.3. The first-order chi connectivity index (χ1) is 9.72. The molecule has 0 spiro atoms. The summed E-state index contributed by atoms with van der Waals surface area (Å²) in [7, 11) is -3.84. The van der Waals surface area contributed by atoms with Crippen molar-refractivity contribution in [1.82, 2.24) is 0 Å².